The van der Waals surface area contributed by atoms with Gasteiger partial charge in [-0.25, -0.2) is 17.9 Å². The smallest absolute Gasteiger partial charge is 0.342 e. The molecule has 0 aliphatic rings. The quantitative estimate of drug-likeness (QED) is 0.532. The number of aromatic hydroxyl groups is 2. The normalized spacial score (nSPS) is 11.3. The molecule has 0 amide bonds. The van der Waals surface area contributed by atoms with Crippen molar-refractivity contribution in [1.29, 1.82) is 0 Å². The van der Waals surface area contributed by atoms with E-state index >= 15 is 0 Å². The van der Waals surface area contributed by atoms with Crippen LogP contribution in [-0.2, 0) is 14.8 Å². The molecule has 0 unspecified atom stereocenters. The monoisotopic (exact) mass is 365 g/mol. The SMILES string of the molecule is Cc1cc(O)c(C)c(O)c1C(=O)OCCNS(=O)(=O)c1ccccc1. The van der Waals surface area contributed by atoms with E-state index in [1.165, 1.54) is 25.1 Å². The molecule has 0 fully saturated rings. The van der Waals surface area contributed by atoms with Gasteiger partial charge in [-0.05, 0) is 37.6 Å². The van der Waals surface area contributed by atoms with Crippen molar-refractivity contribution >= 4 is 16.0 Å². The van der Waals surface area contributed by atoms with Crippen LogP contribution in [-0.4, -0.2) is 37.8 Å². The highest BCUT2D eigenvalue weighted by Crippen LogP contribution is 2.32. The molecule has 0 aliphatic heterocycles. The van der Waals surface area contributed by atoms with E-state index in [4.69, 9.17) is 4.74 Å². The molecule has 0 atom stereocenters. The summed E-state index contributed by atoms with van der Waals surface area (Å²) in [5.41, 5.74) is 0.471. The third-order valence-electron chi connectivity index (χ3n) is 3.61. The lowest BCUT2D eigenvalue weighted by molar-refractivity contribution is 0.0509. The van der Waals surface area contributed by atoms with Gasteiger partial charge in [0, 0.05) is 12.1 Å². The Balaban J connectivity index is 1.97. The average molecular weight is 365 g/mol. The maximum Gasteiger partial charge on any atom is 0.342 e. The molecule has 0 spiro atoms. The van der Waals surface area contributed by atoms with Crippen molar-refractivity contribution in [3.8, 4) is 11.5 Å². The van der Waals surface area contributed by atoms with Gasteiger partial charge in [-0.1, -0.05) is 18.2 Å². The second kappa shape index (κ2) is 7.54. The first-order chi connectivity index (χ1) is 11.7. The number of phenols is 2. The van der Waals surface area contributed by atoms with Crippen LogP contribution in [0.1, 0.15) is 21.5 Å². The Morgan fingerprint density at radius 1 is 1.16 bits per heavy atom. The summed E-state index contributed by atoms with van der Waals surface area (Å²) in [4.78, 5) is 12.2. The average Bonchev–Trinajstić information content (AvgIpc) is 2.57. The van der Waals surface area contributed by atoms with Crippen LogP contribution in [0.15, 0.2) is 41.3 Å². The van der Waals surface area contributed by atoms with Gasteiger partial charge in [-0.2, -0.15) is 0 Å². The van der Waals surface area contributed by atoms with Gasteiger partial charge in [0.25, 0.3) is 0 Å². The molecule has 0 radical (unpaired) electrons. The summed E-state index contributed by atoms with van der Waals surface area (Å²) in [6.07, 6.45) is 0. The van der Waals surface area contributed by atoms with Gasteiger partial charge in [-0.15, -0.1) is 0 Å². The minimum absolute atomic E-state index is 0.0544. The predicted molar refractivity (Wildman–Crippen MR) is 91.2 cm³/mol. The van der Waals surface area contributed by atoms with Crippen LogP contribution in [0.2, 0.25) is 0 Å². The molecule has 0 saturated carbocycles. The van der Waals surface area contributed by atoms with Crippen LogP contribution in [0.25, 0.3) is 0 Å². The zero-order valence-corrected chi connectivity index (χ0v) is 14.6. The number of esters is 1. The van der Waals surface area contributed by atoms with Crippen LogP contribution < -0.4 is 4.72 Å². The fourth-order valence-corrected chi connectivity index (χ4v) is 3.25. The van der Waals surface area contributed by atoms with E-state index in [1.807, 2.05) is 0 Å². The van der Waals surface area contributed by atoms with Crippen LogP contribution in [0.3, 0.4) is 0 Å². The van der Waals surface area contributed by atoms with Crippen molar-refractivity contribution in [2.75, 3.05) is 13.2 Å². The van der Waals surface area contributed by atoms with Gasteiger partial charge in [0.1, 0.15) is 23.7 Å². The van der Waals surface area contributed by atoms with E-state index in [-0.39, 0.29) is 40.7 Å². The lowest BCUT2D eigenvalue weighted by Gasteiger charge is -2.12. The molecule has 0 heterocycles. The molecule has 0 aromatic heterocycles. The first kappa shape index (κ1) is 18.8. The topological polar surface area (TPSA) is 113 Å². The Bertz CT molecular complexity index is 878. The van der Waals surface area contributed by atoms with Crippen molar-refractivity contribution in [2.24, 2.45) is 0 Å². The number of hydrogen-bond donors (Lipinski definition) is 3. The van der Waals surface area contributed by atoms with Gasteiger partial charge in [0.2, 0.25) is 10.0 Å². The number of carbonyl (C=O) groups excluding carboxylic acids is 1. The number of carbonyl (C=O) groups is 1. The zero-order valence-electron chi connectivity index (χ0n) is 13.8. The molecule has 2 aromatic carbocycles. The van der Waals surface area contributed by atoms with Crippen LogP contribution in [0.5, 0.6) is 11.5 Å². The van der Waals surface area contributed by atoms with E-state index in [1.54, 1.807) is 25.1 Å². The fraction of sp³-hybridized carbons (Fsp3) is 0.235. The summed E-state index contributed by atoms with van der Waals surface area (Å²) in [7, 11) is -3.68. The number of rotatable bonds is 6. The molecular weight excluding hydrogens is 346 g/mol. The number of hydrogen-bond acceptors (Lipinski definition) is 6. The maximum absolute atomic E-state index is 12.1. The highest BCUT2D eigenvalue weighted by atomic mass is 32.2. The number of aryl methyl sites for hydroxylation is 1. The summed E-state index contributed by atoms with van der Waals surface area (Å²) < 4.78 is 31.4. The second-order valence-corrected chi connectivity index (χ2v) is 7.17. The van der Waals surface area contributed by atoms with Gasteiger partial charge in [-0.3, -0.25) is 0 Å². The molecule has 0 aliphatic carbocycles. The van der Waals surface area contributed by atoms with E-state index in [9.17, 15) is 23.4 Å². The third kappa shape index (κ3) is 4.28. The first-order valence-corrected chi connectivity index (χ1v) is 8.96. The summed E-state index contributed by atoms with van der Waals surface area (Å²) in [6, 6.07) is 9.17. The number of phenolic OH excluding ortho intramolecular Hbond substituents is 2. The van der Waals surface area contributed by atoms with E-state index in [0.717, 1.165) is 0 Å². The van der Waals surface area contributed by atoms with Gasteiger partial charge < -0.3 is 14.9 Å². The molecule has 7 nitrogen and oxygen atoms in total. The molecule has 134 valence electrons. The van der Waals surface area contributed by atoms with Crippen LogP contribution in [0, 0.1) is 13.8 Å². The minimum Gasteiger partial charge on any atom is -0.508 e. The Hall–Kier alpha value is -2.58. The van der Waals surface area contributed by atoms with Crippen molar-refractivity contribution < 1.29 is 28.2 Å². The number of benzene rings is 2. The summed E-state index contributed by atoms with van der Waals surface area (Å²) >= 11 is 0. The highest BCUT2D eigenvalue weighted by molar-refractivity contribution is 7.89. The predicted octanol–water partition coefficient (Wildman–Crippen LogP) is 1.85. The number of nitrogens with one attached hydrogen (secondary N) is 1. The largest absolute Gasteiger partial charge is 0.508 e. The van der Waals surface area contributed by atoms with Crippen molar-refractivity contribution in [3.63, 3.8) is 0 Å². The standard InChI is InChI=1S/C17H19NO6S/c1-11-10-14(19)12(2)16(20)15(11)17(21)24-9-8-18-25(22,23)13-6-4-3-5-7-13/h3-7,10,18-20H,8-9H2,1-2H3. The van der Waals surface area contributed by atoms with Crippen molar-refractivity contribution in [2.45, 2.75) is 18.7 Å². The summed E-state index contributed by atoms with van der Waals surface area (Å²) in [6.45, 7) is 2.70. The minimum atomic E-state index is -3.68. The lowest BCUT2D eigenvalue weighted by atomic mass is 10.0. The van der Waals surface area contributed by atoms with Crippen LogP contribution >= 0.6 is 0 Å². The number of sulfonamides is 1. The van der Waals surface area contributed by atoms with Gasteiger partial charge in [0.15, 0.2) is 0 Å². The third-order valence-corrected chi connectivity index (χ3v) is 5.09. The van der Waals surface area contributed by atoms with Crippen molar-refractivity contribution in [3.05, 3.63) is 53.1 Å². The Morgan fingerprint density at radius 2 is 1.80 bits per heavy atom. The van der Waals surface area contributed by atoms with E-state index in [0.29, 0.717) is 5.56 Å². The molecule has 0 bridgehead atoms. The summed E-state index contributed by atoms with van der Waals surface area (Å²) in [5, 5.41) is 19.6. The molecule has 2 aromatic rings. The maximum atomic E-state index is 12.1. The van der Waals surface area contributed by atoms with E-state index in [2.05, 4.69) is 4.72 Å². The second-order valence-electron chi connectivity index (χ2n) is 5.41. The highest BCUT2D eigenvalue weighted by Gasteiger charge is 2.20. The molecule has 8 heteroatoms. The molecule has 25 heavy (non-hydrogen) atoms. The lowest BCUT2D eigenvalue weighted by Crippen LogP contribution is -2.28. The van der Waals surface area contributed by atoms with Gasteiger partial charge >= 0.3 is 5.97 Å². The Labute approximate surface area is 145 Å². The Kier molecular flexibility index (Phi) is 5.66. The van der Waals surface area contributed by atoms with Crippen molar-refractivity contribution in [1.82, 2.24) is 4.72 Å². The van der Waals surface area contributed by atoms with E-state index < -0.39 is 16.0 Å². The molecule has 0 saturated heterocycles. The fourth-order valence-electron chi connectivity index (χ4n) is 2.21. The molecule has 3 N–H and O–H groups in total. The van der Waals surface area contributed by atoms with Gasteiger partial charge in [0.05, 0.1) is 4.90 Å². The molecular formula is C17H19NO6S. The number of ether oxygens (including phenoxy) is 1. The first-order valence-electron chi connectivity index (χ1n) is 7.48. The molecule has 2 rings (SSSR count). The van der Waals surface area contributed by atoms with Crippen LogP contribution in [0.4, 0.5) is 0 Å². The Morgan fingerprint density at radius 3 is 2.44 bits per heavy atom. The zero-order chi connectivity index (χ0) is 18.6. The summed E-state index contributed by atoms with van der Waals surface area (Å²) in [5.74, 6) is -1.27.